The van der Waals surface area contributed by atoms with E-state index in [1.165, 1.54) is 11.6 Å². The van der Waals surface area contributed by atoms with E-state index in [9.17, 15) is 15.0 Å². The first kappa shape index (κ1) is 48.1. The molecule has 17 nitrogen and oxygen atoms in total. The lowest BCUT2D eigenvalue weighted by atomic mass is 10.1. The fourth-order valence-electron chi connectivity index (χ4n) is 9.16. The number of carbonyl (C=O) groups is 1. The minimum absolute atomic E-state index is 0.00470. The first-order chi connectivity index (χ1) is 35.8. The minimum Gasteiger partial charge on any atom is -0.478 e. The van der Waals surface area contributed by atoms with E-state index in [4.69, 9.17) is 15.0 Å². The topological polar surface area (TPSA) is 208 Å². The Bertz CT molecular complexity index is 3430. The highest BCUT2D eigenvalue weighted by Gasteiger charge is 2.17. The molecule has 1 aromatic carbocycles. The van der Waals surface area contributed by atoms with Crippen molar-refractivity contribution in [3.63, 3.8) is 0 Å². The maximum atomic E-state index is 11.2. The fraction of sp³-hybridized carbons (Fsp3) is 0.232. The van der Waals surface area contributed by atoms with Crippen molar-refractivity contribution in [3.8, 4) is 33.8 Å². The molecule has 1 atom stereocenters. The summed E-state index contributed by atoms with van der Waals surface area (Å²) in [4.78, 5) is 25.5. The summed E-state index contributed by atoms with van der Waals surface area (Å²) >= 11 is 0. The van der Waals surface area contributed by atoms with Crippen molar-refractivity contribution in [2.75, 3.05) is 42.1 Å². The molecule has 73 heavy (non-hydrogen) atoms. The Morgan fingerprint density at radius 3 is 1.63 bits per heavy atom. The molecule has 2 aliphatic rings. The summed E-state index contributed by atoms with van der Waals surface area (Å²) < 4.78 is 5.34. The van der Waals surface area contributed by atoms with Crippen molar-refractivity contribution in [1.29, 1.82) is 0 Å². The van der Waals surface area contributed by atoms with Crippen LogP contribution in [0, 0.1) is 0 Å². The minimum atomic E-state index is -0.955. The Morgan fingerprint density at radius 2 is 1.07 bits per heavy atom. The molecule has 7 N–H and O–H groups in total. The number of piperidine rings is 2. The molecule has 0 bridgehead atoms. The van der Waals surface area contributed by atoms with Gasteiger partial charge in [0.25, 0.3) is 0 Å². The fourth-order valence-corrected chi connectivity index (χ4v) is 9.16. The van der Waals surface area contributed by atoms with E-state index in [-0.39, 0.29) is 18.2 Å². The number of nitrogens with one attached hydrogen (secondary N) is 5. The second kappa shape index (κ2) is 22.7. The quantitative estimate of drug-likeness (QED) is 0.0611. The summed E-state index contributed by atoms with van der Waals surface area (Å²) in [5, 5.41) is 48.9. The number of aliphatic hydroxyl groups excluding tert-OH is 1. The number of benzene rings is 1. The molecule has 370 valence electrons. The van der Waals surface area contributed by atoms with Crippen molar-refractivity contribution in [2.24, 2.45) is 0 Å². The summed E-state index contributed by atoms with van der Waals surface area (Å²) in [6.07, 6.45) is 15.3. The van der Waals surface area contributed by atoms with Gasteiger partial charge in [0.2, 0.25) is 0 Å². The SMILES string of the molecule is C[C@H](Nc1cccc(-c2cnn3ccc(CO)cc23)n1)c1ccccc1.O=C(O)c1ccn2ncc(-c3cccc(NC4CCNCC4)n3)c2c1.c1cc(NC2CCNCC2)nc(-c2cnn3ccccc23)c1. The van der Waals surface area contributed by atoms with E-state index < -0.39 is 5.97 Å². The van der Waals surface area contributed by atoms with Crippen molar-refractivity contribution < 1.29 is 15.0 Å². The number of carboxylic acids is 1. The molecule has 0 spiro atoms. The number of anilines is 3. The summed E-state index contributed by atoms with van der Waals surface area (Å²) in [7, 11) is 0. The predicted octanol–water partition coefficient (Wildman–Crippen LogP) is 8.88. The Kier molecular flexibility index (Phi) is 15.0. The third kappa shape index (κ3) is 11.7. The van der Waals surface area contributed by atoms with Crippen LogP contribution in [0.25, 0.3) is 50.3 Å². The lowest BCUT2D eigenvalue weighted by Gasteiger charge is -2.24. The van der Waals surface area contributed by atoms with Gasteiger partial charge in [0.15, 0.2) is 0 Å². The van der Waals surface area contributed by atoms with Crippen LogP contribution in [0.2, 0.25) is 0 Å². The molecule has 11 heterocycles. The number of carboxylic acid groups (broad SMARTS) is 1. The van der Waals surface area contributed by atoms with Gasteiger partial charge in [0.1, 0.15) is 17.5 Å². The van der Waals surface area contributed by atoms with Crippen molar-refractivity contribution in [1.82, 2.24) is 54.4 Å². The first-order valence-corrected chi connectivity index (χ1v) is 24.7. The predicted molar refractivity (Wildman–Crippen MR) is 286 cm³/mol. The van der Waals surface area contributed by atoms with Gasteiger partial charge in [0, 0.05) is 53.4 Å². The van der Waals surface area contributed by atoms with Gasteiger partial charge in [-0.3, -0.25) is 0 Å². The number of hydrogen-bond acceptors (Lipinski definition) is 13. The van der Waals surface area contributed by atoms with Crippen LogP contribution in [-0.2, 0) is 6.61 Å². The number of rotatable bonds is 12. The van der Waals surface area contributed by atoms with Crippen LogP contribution in [0.4, 0.5) is 17.5 Å². The Labute approximate surface area is 422 Å². The molecular formula is C56H58N14O3. The van der Waals surface area contributed by atoms with Gasteiger partial charge in [-0.1, -0.05) is 54.6 Å². The molecule has 12 rings (SSSR count). The monoisotopic (exact) mass is 974 g/mol. The zero-order chi connectivity index (χ0) is 49.9. The van der Waals surface area contributed by atoms with E-state index in [0.717, 1.165) is 125 Å². The Balaban J connectivity index is 0.000000126. The Hall–Kier alpha value is -8.51. The van der Waals surface area contributed by atoms with Gasteiger partial charge >= 0.3 is 5.97 Å². The summed E-state index contributed by atoms with van der Waals surface area (Å²) in [6, 6.07) is 42.3. The second-order valence-corrected chi connectivity index (χ2v) is 18.1. The maximum Gasteiger partial charge on any atom is 0.335 e. The van der Waals surface area contributed by atoms with E-state index in [1.807, 2.05) is 120 Å². The van der Waals surface area contributed by atoms with E-state index in [0.29, 0.717) is 12.1 Å². The lowest BCUT2D eigenvalue weighted by Crippen LogP contribution is -2.35. The molecule has 0 unspecified atom stereocenters. The number of hydrogen-bond donors (Lipinski definition) is 7. The van der Waals surface area contributed by atoms with Gasteiger partial charge in [-0.2, -0.15) is 15.3 Å². The molecule has 0 amide bonds. The smallest absolute Gasteiger partial charge is 0.335 e. The average molecular weight is 975 g/mol. The second-order valence-electron chi connectivity index (χ2n) is 18.1. The number of aliphatic hydroxyl groups is 1. The number of fused-ring (bicyclic) bond motifs is 3. The zero-order valence-electron chi connectivity index (χ0n) is 40.5. The third-order valence-electron chi connectivity index (χ3n) is 13.1. The van der Waals surface area contributed by atoms with Crippen LogP contribution >= 0.6 is 0 Å². The van der Waals surface area contributed by atoms with Crippen molar-refractivity contribution in [2.45, 2.75) is 57.3 Å². The van der Waals surface area contributed by atoms with Gasteiger partial charge in [0.05, 0.1) is 64.4 Å². The standard InChI is InChI=1S/C21H20N4O.C18H19N5O2.C17H19N5/c1-15(17-6-3-2-4-7-17)23-21-9-5-8-19(24-21)18-13-22-25-11-10-16(14-26)12-20(18)25;24-18(25)12-6-9-23-16(10-12)14(11-20-23)15-2-1-3-17(22-15)21-13-4-7-19-8-5-13;1-2-11-22-16(5-1)14(12-19-22)15-4-3-6-17(21-15)20-13-7-9-18-10-8-13/h2-13,15,26H,14H2,1H3,(H,23,24);1-3,6,9-11,13,19H,4-5,7-8H2,(H,21,22)(H,24,25);1-6,11-13,18H,7-10H2,(H,20,21)/t15-;;/m0../s1. The highest BCUT2D eigenvalue weighted by Crippen LogP contribution is 2.28. The zero-order valence-corrected chi connectivity index (χ0v) is 40.5. The van der Waals surface area contributed by atoms with Crippen LogP contribution in [-0.4, -0.2) is 98.2 Å². The van der Waals surface area contributed by atoms with E-state index in [2.05, 4.69) is 73.1 Å². The Morgan fingerprint density at radius 1 is 0.575 bits per heavy atom. The summed E-state index contributed by atoms with van der Waals surface area (Å²) in [5.74, 6) is 1.64. The van der Waals surface area contributed by atoms with E-state index in [1.54, 1.807) is 27.5 Å². The van der Waals surface area contributed by atoms with Crippen LogP contribution in [0.3, 0.4) is 0 Å². The molecule has 0 aliphatic carbocycles. The number of aromatic carboxylic acids is 1. The highest BCUT2D eigenvalue weighted by molar-refractivity contribution is 5.91. The van der Waals surface area contributed by atoms with Gasteiger partial charge < -0.3 is 36.8 Å². The number of aromatic nitrogens is 9. The van der Waals surface area contributed by atoms with Crippen LogP contribution in [0.1, 0.15) is 60.1 Å². The molecule has 9 aromatic heterocycles. The maximum absolute atomic E-state index is 11.2. The summed E-state index contributed by atoms with van der Waals surface area (Å²) in [6.45, 7) is 6.31. The van der Waals surface area contributed by atoms with Crippen LogP contribution in [0.15, 0.2) is 165 Å². The van der Waals surface area contributed by atoms with Crippen LogP contribution in [0.5, 0.6) is 0 Å². The molecule has 0 saturated carbocycles. The molecule has 2 aliphatic heterocycles. The van der Waals surface area contributed by atoms with Gasteiger partial charge in [-0.05, 0) is 143 Å². The molecule has 0 radical (unpaired) electrons. The first-order valence-electron chi connectivity index (χ1n) is 24.7. The van der Waals surface area contributed by atoms with Crippen LogP contribution < -0.4 is 26.6 Å². The molecule has 17 heteroatoms. The number of pyridine rings is 6. The van der Waals surface area contributed by atoms with Gasteiger partial charge in [-0.25, -0.2) is 33.3 Å². The summed E-state index contributed by atoms with van der Waals surface area (Å²) in [5.41, 5.74) is 10.4. The third-order valence-corrected chi connectivity index (χ3v) is 13.1. The molecular weight excluding hydrogens is 917 g/mol. The molecule has 10 aromatic rings. The van der Waals surface area contributed by atoms with E-state index >= 15 is 0 Å². The molecule has 2 fully saturated rings. The van der Waals surface area contributed by atoms with Gasteiger partial charge in [-0.15, -0.1) is 0 Å². The van der Waals surface area contributed by atoms with Crippen molar-refractivity contribution in [3.05, 3.63) is 181 Å². The van der Waals surface area contributed by atoms with Crippen molar-refractivity contribution >= 4 is 40.0 Å². The number of nitrogens with zero attached hydrogens (tertiary/aromatic N) is 9. The highest BCUT2D eigenvalue weighted by atomic mass is 16.4. The normalized spacial score (nSPS) is 14.4. The molecule has 2 saturated heterocycles. The largest absolute Gasteiger partial charge is 0.478 e. The average Bonchev–Trinajstić information content (AvgIpc) is 4.20. The lowest BCUT2D eigenvalue weighted by molar-refractivity contribution is 0.0696.